The smallest absolute Gasteiger partial charge is 0.242 e. The van der Waals surface area contributed by atoms with Gasteiger partial charge in [0.15, 0.2) is 0 Å². The van der Waals surface area contributed by atoms with Crippen molar-refractivity contribution in [1.29, 1.82) is 0 Å². The molecule has 0 atom stereocenters. The van der Waals surface area contributed by atoms with Gasteiger partial charge < -0.3 is 20.6 Å². The van der Waals surface area contributed by atoms with E-state index in [1.807, 2.05) is 26.0 Å². The molecule has 1 aromatic carbocycles. The molecule has 0 bridgehead atoms. The lowest BCUT2D eigenvalue weighted by atomic mass is 9.96. The van der Waals surface area contributed by atoms with Gasteiger partial charge in [0.1, 0.15) is 11.5 Å². The Bertz CT molecular complexity index is 993. The van der Waals surface area contributed by atoms with E-state index in [0.29, 0.717) is 5.76 Å². The summed E-state index contributed by atoms with van der Waals surface area (Å²) in [5.41, 5.74) is 12.6. The lowest BCUT2D eigenvalue weighted by Crippen LogP contribution is -2.25. The first kappa shape index (κ1) is 16.3. The minimum atomic E-state index is 0.0168. The van der Waals surface area contributed by atoms with Crippen LogP contribution in [-0.2, 0) is 12.8 Å². The van der Waals surface area contributed by atoms with Crippen LogP contribution in [0.25, 0.3) is 22.4 Å². The summed E-state index contributed by atoms with van der Waals surface area (Å²) in [5, 5.41) is 26.4. The van der Waals surface area contributed by atoms with E-state index in [1.165, 1.54) is 5.56 Å². The van der Waals surface area contributed by atoms with Crippen molar-refractivity contribution in [2.45, 2.75) is 33.1 Å². The summed E-state index contributed by atoms with van der Waals surface area (Å²) >= 11 is 0. The fraction of sp³-hybridized carbons (Fsp3) is 0.263. The number of hydrogen-bond donors (Lipinski definition) is 3. The third kappa shape index (κ3) is 2.28. The monoisotopic (exact) mass is 352 g/mol. The highest BCUT2D eigenvalue weighted by Crippen LogP contribution is 2.44. The number of phenolic OH excluding ortho intramolecular Hbond substituents is 1. The molecule has 0 aliphatic heterocycles. The summed E-state index contributed by atoms with van der Waals surface area (Å²) in [4.78, 5) is 0. The van der Waals surface area contributed by atoms with Crippen LogP contribution in [0.2, 0.25) is 0 Å². The maximum atomic E-state index is 9.67. The first-order valence-electron chi connectivity index (χ1n) is 8.50. The van der Waals surface area contributed by atoms with Crippen LogP contribution < -0.4 is 5.73 Å². The van der Waals surface area contributed by atoms with Gasteiger partial charge in [-0.25, -0.2) is 0 Å². The maximum absolute atomic E-state index is 9.67. The number of nitrogens with two attached hydrogens (primary N) is 1. The van der Waals surface area contributed by atoms with Crippen LogP contribution in [0.4, 0.5) is 0 Å². The Balaban J connectivity index is 2.12. The van der Waals surface area contributed by atoms with Crippen molar-refractivity contribution in [2.75, 3.05) is 0 Å². The van der Waals surface area contributed by atoms with Gasteiger partial charge in [0.25, 0.3) is 0 Å². The van der Waals surface area contributed by atoms with E-state index in [-0.39, 0.29) is 11.7 Å². The van der Waals surface area contributed by atoms with Crippen LogP contribution in [0.5, 0.6) is 5.75 Å². The molecule has 2 heterocycles. The second-order valence-electron chi connectivity index (χ2n) is 6.54. The number of fused-ring (bicyclic) bond motifs is 1. The summed E-state index contributed by atoms with van der Waals surface area (Å²) in [6.45, 7) is 3.73. The van der Waals surface area contributed by atoms with Crippen molar-refractivity contribution in [3.63, 3.8) is 0 Å². The predicted octanol–water partition coefficient (Wildman–Crippen LogP) is 3.17. The Hall–Kier alpha value is -3.22. The van der Waals surface area contributed by atoms with Gasteiger partial charge in [0.05, 0.1) is 17.0 Å². The Kier molecular flexibility index (Phi) is 3.72. The highest BCUT2D eigenvalue weighted by atomic mass is 16.5. The molecule has 4 rings (SSSR count). The van der Waals surface area contributed by atoms with E-state index in [2.05, 4.69) is 10.3 Å². The molecular formula is C19H20N4O3. The Morgan fingerprint density at radius 3 is 2.54 bits per heavy atom. The van der Waals surface area contributed by atoms with Gasteiger partial charge >= 0.3 is 0 Å². The van der Waals surface area contributed by atoms with Crippen molar-refractivity contribution in [3.8, 4) is 28.1 Å². The number of aryl methyl sites for hydroxylation is 2. The Morgan fingerprint density at radius 1 is 1.19 bits per heavy atom. The molecule has 134 valence electrons. The number of phenols is 1. The van der Waals surface area contributed by atoms with Gasteiger partial charge in [0, 0.05) is 11.3 Å². The second-order valence-corrected chi connectivity index (χ2v) is 6.54. The molecule has 0 unspecified atom stereocenters. The summed E-state index contributed by atoms with van der Waals surface area (Å²) in [5.74, 6) is 0.897. The zero-order valence-electron chi connectivity index (χ0n) is 14.7. The number of aromatic nitrogens is 2. The van der Waals surface area contributed by atoms with Gasteiger partial charge in [-0.2, -0.15) is 0 Å². The standard InChI is InChI=1S/C19H20N4O3/c1-10-16(11(2)26-22-10)18-17(12-6-8-13(24)9-7-12)14-4-3-5-15(14)23(18)19(20)21-25/h6-9,24-25H,3-5H2,1-2H3,(H2,20,21). The highest BCUT2D eigenvalue weighted by Gasteiger charge is 2.31. The van der Waals surface area contributed by atoms with E-state index < -0.39 is 0 Å². The quantitative estimate of drug-likeness (QED) is 0.284. The number of aromatic hydroxyl groups is 1. The van der Waals surface area contributed by atoms with Gasteiger partial charge in [-0.1, -0.05) is 22.4 Å². The first-order valence-corrected chi connectivity index (χ1v) is 8.50. The molecule has 0 saturated heterocycles. The summed E-state index contributed by atoms with van der Waals surface area (Å²) in [6, 6.07) is 7.08. The molecule has 26 heavy (non-hydrogen) atoms. The lowest BCUT2D eigenvalue weighted by Gasteiger charge is -2.13. The zero-order valence-corrected chi connectivity index (χ0v) is 14.7. The van der Waals surface area contributed by atoms with Crippen LogP contribution in [-0.4, -0.2) is 26.0 Å². The molecule has 0 radical (unpaired) electrons. The summed E-state index contributed by atoms with van der Waals surface area (Å²) in [7, 11) is 0. The topological polar surface area (TPSA) is 110 Å². The fourth-order valence-corrected chi connectivity index (χ4v) is 3.93. The average molecular weight is 352 g/mol. The maximum Gasteiger partial charge on any atom is 0.242 e. The number of rotatable bonds is 2. The minimum absolute atomic E-state index is 0.0168. The van der Waals surface area contributed by atoms with E-state index in [4.69, 9.17) is 10.3 Å². The SMILES string of the molecule is Cc1noc(C)c1-c1c(-c2ccc(O)cc2)c2c(n1/C(N)=N/O)CCC2. The molecule has 1 aliphatic rings. The van der Waals surface area contributed by atoms with E-state index in [1.54, 1.807) is 16.7 Å². The largest absolute Gasteiger partial charge is 0.508 e. The predicted molar refractivity (Wildman–Crippen MR) is 97.3 cm³/mol. The van der Waals surface area contributed by atoms with E-state index in [0.717, 1.165) is 53.0 Å². The molecule has 7 nitrogen and oxygen atoms in total. The van der Waals surface area contributed by atoms with Crippen molar-refractivity contribution in [1.82, 2.24) is 9.72 Å². The molecular weight excluding hydrogens is 332 g/mol. The third-order valence-corrected chi connectivity index (χ3v) is 4.98. The molecule has 4 N–H and O–H groups in total. The molecule has 0 spiro atoms. The molecule has 0 amide bonds. The first-order chi connectivity index (χ1) is 12.5. The van der Waals surface area contributed by atoms with E-state index in [9.17, 15) is 10.3 Å². The molecule has 0 saturated carbocycles. The van der Waals surface area contributed by atoms with Crippen LogP contribution in [0.3, 0.4) is 0 Å². The molecule has 7 heteroatoms. The Labute approximate surface area is 150 Å². The zero-order chi connectivity index (χ0) is 18.4. The number of nitrogens with zero attached hydrogens (tertiary/aromatic N) is 3. The van der Waals surface area contributed by atoms with Gasteiger partial charge in [-0.15, -0.1) is 0 Å². The van der Waals surface area contributed by atoms with Crippen LogP contribution in [0.1, 0.15) is 29.1 Å². The van der Waals surface area contributed by atoms with Crippen LogP contribution in [0.15, 0.2) is 33.9 Å². The number of benzene rings is 1. The van der Waals surface area contributed by atoms with Crippen molar-refractivity contribution in [3.05, 3.63) is 47.0 Å². The fourth-order valence-electron chi connectivity index (χ4n) is 3.93. The van der Waals surface area contributed by atoms with Crippen LogP contribution >= 0.6 is 0 Å². The van der Waals surface area contributed by atoms with E-state index >= 15 is 0 Å². The van der Waals surface area contributed by atoms with Crippen molar-refractivity contribution in [2.24, 2.45) is 10.9 Å². The van der Waals surface area contributed by atoms with Crippen molar-refractivity contribution >= 4 is 5.96 Å². The van der Waals surface area contributed by atoms with Gasteiger partial charge in [-0.3, -0.25) is 4.57 Å². The average Bonchev–Trinajstić information content (AvgIpc) is 3.29. The van der Waals surface area contributed by atoms with Crippen molar-refractivity contribution < 1.29 is 14.8 Å². The lowest BCUT2D eigenvalue weighted by molar-refractivity contribution is 0.316. The summed E-state index contributed by atoms with van der Waals surface area (Å²) < 4.78 is 7.18. The molecule has 2 aromatic heterocycles. The number of oxime groups is 1. The van der Waals surface area contributed by atoms with Gasteiger partial charge in [0.2, 0.25) is 5.96 Å². The Morgan fingerprint density at radius 2 is 1.92 bits per heavy atom. The van der Waals surface area contributed by atoms with Crippen LogP contribution in [0, 0.1) is 13.8 Å². The minimum Gasteiger partial charge on any atom is -0.508 e. The normalized spacial score (nSPS) is 14.0. The summed E-state index contributed by atoms with van der Waals surface area (Å²) in [6.07, 6.45) is 2.77. The molecule has 1 aliphatic carbocycles. The second kappa shape index (κ2) is 5.94. The van der Waals surface area contributed by atoms with Gasteiger partial charge in [-0.05, 0) is 56.4 Å². The molecule has 0 fully saturated rings. The third-order valence-electron chi connectivity index (χ3n) is 4.98. The molecule has 3 aromatic rings. The number of hydrogen-bond acceptors (Lipinski definition) is 5. The highest BCUT2D eigenvalue weighted by molar-refractivity contribution is 5.96.